The molecular weight excluding hydrogens is 773 g/mol. The van der Waals surface area contributed by atoms with Gasteiger partial charge in [-0.05, 0) is 0 Å². The van der Waals surface area contributed by atoms with Crippen LogP contribution in [0.5, 0.6) is 0 Å². The average Bonchev–Trinajstić information content (AvgIpc) is 3.72. The van der Waals surface area contributed by atoms with Crippen molar-refractivity contribution >= 4 is 57.8 Å². The minimum atomic E-state index is -5.96. The average molecular weight is 804 g/mol. The Morgan fingerprint density at radius 3 is 2.27 bits per heavy atom. The van der Waals surface area contributed by atoms with Crippen molar-refractivity contribution < 1.29 is 76.3 Å². The van der Waals surface area contributed by atoms with Crippen molar-refractivity contribution in [2.45, 2.75) is 49.1 Å². The highest BCUT2D eigenvalue weighted by atomic mass is 31.3. The molecule has 288 valence electrons. The Balaban J connectivity index is 1.04. The number of imidazole rings is 1. The summed E-state index contributed by atoms with van der Waals surface area (Å²) in [6, 6.07) is 0. The molecule has 52 heavy (non-hydrogen) atoms. The molecule has 0 bridgehead atoms. The van der Waals surface area contributed by atoms with Gasteiger partial charge in [-0.15, -0.1) is 0 Å². The van der Waals surface area contributed by atoms with E-state index in [4.69, 9.17) is 25.8 Å². The number of nitrogens with two attached hydrogens (primary N) is 2. The van der Waals surface area contributed by atoms with Crippen LogP contribution in [0.15, 0.2) is 15.9 Å². The van der Waals surface area contributed by atoms with Crippen molar-refractivity contribution in [2.75, 3.05) is 47.9 Å². The number of anilines is 4. The molecule has 2 saturated heterocycles. The van der Waals surface area contributed by atoms with Crippen molar-refractivity contribution in [2.24, 2.45) is 0 Å². The fourth-order valence-electron chi connectivity index (χ4n) is 5.47. The van der Waals surface area contributed by atoms with Crippen molar-refractivity contribution in [3.05, 3.63) is 27.0 Å². The van der Waals surface area contributed by atoms with Gasteiger partial charge in [0.05, 0.1) is 19.1 Å². The van der Waals surface area contributed by atoms with Gasteiger partial charge in [0.1, 0.15) is 49.0 Å². The fraction of sp³-hybridized carbons (Fsp3) is 0.571. The zero-order valence-electron chi connectivity index (χ0n) is 26.1. The molecule has 0 aromatic carbocycles. The van der Waals surface area contributed by atoms with E-state index in [-0.39, 0.29) is 41.2 Å². The molecule has 6 rings (SSSR count). The number of phosphoric ester groups is 1. The molecule has 31 heteroatoms. The molecule has 0 aliphatic carbocycles. The van der Waals surface area contributed by atoms with Gasteiger partial charge in [0.25, 0.3) is 11.1 Å². The molecule has 6 heterocycles. The van der Waals surface area contributed by atoms with E-state index in [0.29, 0.717) is 0 Å². The van der Waals surface area contributed by atoms with Crippen LogP contribution in [0.2, 0.25) is 0 Å². The molecular formula is C21H31N10O18P3. The number of rotatable bonds is 12. The van der Waals surface area contributed by atoms with E-state index in [1.165, 1.54) is 11.9 Å². The Hall–Kier alpha value is -3.40. The van der Waals surface area contributed by atoms with Gasteiger partial charge in [-0.2, -0.15) is 14.3 Å². The minimum absolute atomic E-state index is 0.0561. The normalized spacial score (nSPS) is 31.1. The van der Waals surface area contributed by atoms with Crippen LogP contribution < -0.4 is 32.5 Å². The summed E-state index contributed by atoms with van der Waals surface area (Å²) in [5.74, 6) is -0.641. The van der Waals surface area contributed by atoms with Gasteiger partial charge in [-0.3, -0.25) is 33.2 Å². The van der Waals surface area contributed by atoms with Crippen LogP contribution in [-0.4, -0.2) is 134 Å². The Morgan fingerprint density at radius 2 is 1.56 bits per heavy atom. The molecule has 28 nitrogen and oxygen atoms in total. The lowest BCUT2D eigenvalue weighted by Crippen LogP contribution is -2.39. The quantitative estimate of drug-likeness (QED) is 0.0772. The number of aromatic amines is 2. The van der Waals surface area contributed by atoms with Gasteiger partial charge >= 0.3 is 23.2 Å². The van der Waals surface area contributed by atoms with Crippen molar-refractivity contribution in [3.8, 4) is 0 Å². The van der Waals surface area contributed by atoms with Crippen LogP contribution in [0.4, 0.5) is 23.4 Å². The first kappa shape index (κ1) is 38.3. The van der Waals surface area contributed by atoms with Gasteiger partial charge in [0.15, 0.2) is 23.2 Å². The number of hydrogen-bond donors (Lipinski definition) is 11. The second kappa shape index (κ2) is 13.8. The monoisotopic (exact) mass is 804 g/mol. The molecule has 3 aromatic heterocycles. The van der Waals surface area contributed by atoms with Gasteiger partial charge in [-0.1, -0.05) is 0 Å². The molecule has 3 unspecified atom stereocenters. The number of aliphatic hydroxyl groups is 4. The lowest BCUT2D eigenvalue weighted by Gasteiger charge is -2.23. The third-order valence-electron chi connectivity index (χ3n) is 7.71. The standard InChI is InChI=1S/C21H31N10O18P3/c1-29-5-31(15-9(29)17(37)28-21(23)26-15)47-19-13(35)10(32)6(46-19)2-44-51(40,41)49-52(42,43)48-50(38,39)3-7-11(33)12(34)18(45-7)30-4-24-8-14(30)25-20(22)27-16(8)36/h4,6-7,10-13,18-19,32-35H,2-3,5H2,1H3,(H,38,39)(H,40,41)(H,42,43)(H3,22,25,27,36)(H3,23,26,28,37)/t6-,7-,10-,11-,12-,13-,18-,19+/m1/s1. The largest absolute Gasteiger partial charge is 0.488 e. The third-order valence-corrected chi connectivity index (χ3v) is 12.5. The molecule has 13 N–H and O–H groups in total. The van der Waals surface area contributed by atoms with Crippen LogP contribution in [0.1, 0.15) is 6.23 Å². The van der Waals surface area contributed by atoms with E-state index < -0.39 is 96.3 Å². The summed E-state index contributed by atoms with van der Waals surface area (Å²) >= 11 is 0. The summed E-state index contributed by atoms with van der Waals surface area (Å²) < 4.78 is 62.5. The number of hydrogen-bond acceptors (Lipinski definition) is 22. The van der Waals surface area contributed by atoms with Crippen molar-refractivity contribution in [3.63, 3.8) is 0 Å². The number of H-pyrrole nitrogens is 2. The van der Waals surface area contributed by atoms with E-state index in [0.717, 1.165) is 16.0 Å². The molecule has 0 spiro atoms. The summed E-state index contributed by atoms with van der Waals surface area (Å²) in [5, 5.41) is 42.9. The van der Waals surface area contributed by atoms with Crippen LogP contribution >= 0.6 is 23.2 Å². The van der Waals surface area contributed by atoms with Crippen molar-refractivity contribution in [1.82, 2.24) is 29.5 Å². The zero-order chi connectivity index (χ0) is 38.1. The Morgan fingerprint density at radius 1 is 0.904 bits per heavy atom. The molecule has 3 aliphatic rings. The van der Waals surface area contributed by atoms with E-state index in [1.807, 2.05) is 0 Å². The van der Waals surface area contributed by atoms with Crippen LogP contribution in [0.3, 0.4) is 0 Å². The molecule has 0 amide bonds. The second-order valence-electron chi connectivity index (χ2n) is 11.5. The predicted molar refractivity (Wildman–Crippen MR) is 168 cm³/mol. The number of phosphoric acid groups is 2. The molecule has 0 saturated carbocycles. The summed E-state index contributed by atoms with van der Waals surface area (Å²) in [4.78, 5) is 77.8. The van der Waals surface area contributed by atoms with Crippen LogP contribution in [-0.2, 0) is 41.2 Å². The first-order valence-corrected chi connectivity index (χ1v) is 19.3. The molecule has 3 aliphatic heterocycles. The highest BCUT2D eigenvalue weighted by Gasteiger charge is 2.51. The maximum absolute atomic E-state index is 12.8. The van der Waals surface area contributed by atoms with E-state index in [9.17, 15) is 58.4 Å². The number of ether oxygens (including phenoxy) is 2. The lowest BCUT2D eigenvalue weighted by molar-refractivity contribution is -0.175. The second-order valence-corrected chi connectivity index (χ2v) is 16.6. The maximum Gasteiger partial charge on any atom is 0.488 e. The van der Waals surface area contributed by atoms with E-state index >= 15 is 0 Å². The number of hydroxylamine groups is 1. The zero-order valence-corrected chi connectivity index (χ0v) is 28.8. The molecule has 3 aromatic rings. The number of nitrogens with one attached hydrogen (secondary N) is 2. The summed E-state index contributed by atoms with van der Waals surface area (Å²) in [7, 11) is -15.5. The number of nitrogen functional groups attached to an aromatic ring is 2. The Bertz CT molecular complexity index is 2120. The number of nitrogens with zero attached hydrogens (tertiary/aromatic N) is 6. The summed E-state index contributed by atoms with van der Waals surface area (Å²) in [5.41, 5.74) is 9.42. The van der Waals surface area contributed by atoms with Gasteiger partial charge < -0.3 is 60.9 Å². The van der Waals surface area contributed by atoms with E-state index in [1.54, 1.807) is 0 Å². The topological polar surface area (TPSA) is 416 Å². The summed E-state index contributed by atoms with van der Waals surface area (Å²) in [6.45, 7) is -1.20. The molecule has 11 atom stereocenters. The molecule has 0 radical (unpaired) electrons. The first-order valence-electron chi connectivity index (χ1n) is 14.5. The van der Waals surface area contributed by atoms with Crippen molar-refractivity contribution in [1.29, 1.82) is 0 Å². The summed E-state index contributed by atoms with van der Waals surface area (Å²) in [6.07, 6.45) is -14.4. The van der Waals surface area contributed by atoms with Crippen LogP contribution in [0, 0.1) is 0 Å². The fourth-order valence-corrected chi connectivity index (χ4v) is 9.73. The molecule has 2 fully saturated rings. The highest BCUT2D eigenvalue weighted by Crippen LogP contribution is 2.68. The SMILES string of the molecule is CN1CN(O[C@@H]2O[C@H](COP(=O)(O)OP(=O)(O)OP(=O)(O)C[C@H]3O[C@@H](n4cnc5c(=O)[nH]c(N)nc54)[C@H](O)[C@@H]3O)[C@@H](O)[C@H]2O)c2nc(N)[nH]c(=O)c21. The van der Waals surface area contributed by atoms with Gasteiger partial charge in [0, 0.05) is 7.05 Å². The predicted octanol–water partition coefficient (Wildman–Crippen LogP) is -4.29. The third kappa shape index (κ3) is 7.64. The number of aliphatic hydroxyl groups excluding tert-OH is 4. The Labute approximate surface area is 287 Å². The maximum atomic E-state index is 12.8. The smallest absolute Gasteiger partial charge is 0.387 e. The van der Waals surface area contributed by atoms with Gasteiger partial charge in [0.2, 0.25) is 18.2 Å². The van der Waals surface area contributed by atoms with E-state index in [2.05, 4.69) is 38.1 Å². The number of aromatic nitrogens is 6. The first-order chi connectivity index (χ1) is 24.1. The minimum Gasteiger partial charge on any atom is -0.387 e. The lowest BCUT2D eigenvalue weighted by atomic mass is 10.1. The van der Waals surface area contributed by atoms with Gasteiger partial charge in [-0.25, -0.2) is 28.3 Å². The number of fused-ring (bicyclic) bond motifs is 2. The Kier molecular flexibility index (Phi) is 10.2. The van der Waals surface area contributed by atoms with Crippen LogP contribution in [0.25, 0.3) is 11.2 Å². The highest BCUT2D eigenvalue weighted by molar-refractivity contribution is 7.68.